The Hall–Kier alpha value is -1.54. The fourth-order valence-electron chi connectivity index (χ4n) is 2.00. The minimum atomic E-state index is -0.543. The van der Waals surface area contributed by atoms with Gasteiger partial charge in [0.25, 0.3) is 0 Å². The number of ether oxygens (including phenoxy) is 2. The lowest BCUT2D eigenvalue weighted by Gasteiger charge is -2.28. The molecule has 21 heavy (non-hydrogen) atoms. The number of hydrogen-bond donors (Lipinski definition) is 1. The molecule has 1 rings (SSSR count). The third kappa shape index (κ3) is 6.63. The second kappa shape index (κ2) is 9.41. The summed E-state index contributed by atoms with van der Waals surface area (Å²) < 4.78 is 10.3. The molecule has 4 heteroatoms. The van der Waals surface area contributed by atoms with E-state index in [9.17, 15) is 5.11 Å². The van der Waals surface area contributed by atoms with Crippen LogP contribution < -0.4 is 4.74 Å². The summed E-state index contributed by atoms with van der Waals surface area (Å²) in [6, 6.07) is 8.29. The fourth-order valence-corrected chi connectivity index (χ4v) is 2.00. The van der Waals surface area contributed by atoms with Crippen LogP contribution >= 0.6 is 0 Å². The molecule has 0 spiro atoms. The van der Waals surface area contributed by atoms with Gasteiger partial charge < -0.3 is 14.6 Å². The smallest absolute Gasteiger partial charge is 0.118 e. The zero-order valence-electron chi connectivity index (χ0n) is 13.1. The zero-order valence-corrected chi connectivity index (χ0v) is 13.1. The van der Waals surface area contributed by atoms with E-state index in [4.69, 9.17) is 15.9 Å². The number of rotatable bonds is 9. The first-order valence-electron chi connectivity index (χ1n) is 7.13. The molecule has 0 aliphatic carbocycles. The van der Waals surface area contributed by atoms with Gasteiger partial charge >= 0.3 is 0 Å². The van der Waals surface area contributed by atoms with Crippen LogP contribution in [0.3, 0.4) is 0 Å². The van der Waals surface area contributed by atoms with Gasteiger partial charge in [-0.15, -0.1) is 6.42 Å². The topological polar surface area (TPSA) is 41.9 Å². The molecule has 4 nitrogen and oxygen atoms in total. The van der Waals surface area contributed by atoms with E-state index < -0.39 is 6.10 Å². The number of benzene rings is 1. The van der Waals surface area contributed by atoms with Crippen molar-refractivity contribution in [2.24, 2.45) is 0 Å². The summed E-state index contributed by atoms with van der Waals surface area (Å²) in [6.07, 6.45) is 4.57. The monoisotopic (exact) mass is 291 g/mol. The number of aliphatic hydroxyl groups excluding tert-OH is 1. The molecule has 0 saturated carbocycles. The Bertz CT molecular complexity index is 436. The first-order chi connectivity index (χ1) is 10.1. The molecule has 116 valence electrons. The molecule has 1 atom stereocenters. The normalized spacial score (nSPS) is 12.4. The number of aliphatic hydroxyl groups is 1. The molecule has 1 aromatic rings. The molecule has 0 aliphatic heterocycles. The fraction of sp³-hybridized carbons (Fsp3) is 0.529. The third-order valence-corrected chi connectivity index (χ3v) is 3.22. The maximum absolute atomic E-state index is 10.0. The van der Waals surface area contributed by atoms with E-state index in [-0.39, 0.29) is 13.2 Å². The van der Waals surface area contributed by atoms with Gasteiger partial charge in [0.2, 0.25) is 0 Å². The van der Waals surface area contributed by atoms with Crippen LogP contribution in [0.5, 0.6) is 5.75 Å². The predicted molar refractivity (Wildman–Crippen MR) is 84.2 cm³/mol. The number of terminal acetylenes is 1. The Labute approximate surface area is 127 Å². The van der Waals surface area contributed by atoms with Crippen LogP contribution in [0, 0.1) is 12.3 Å². The van der Waals surface area contributed by atoms with E-state index in [1.54, 1.807) is 7.11 Å². The van der Waals surface area contributed by atoms with Crippen molar-refractivity contribution >= 4 is 0 Å². The average Bonchev–Trinajstić information content (AvgIpc) is 2.47. The summed E-state index contributed by atoms with van der Waals surface area (Å²) >= 11 is 0. The van der Waals surface area contributed by atoms with Crippen molar-refractivity contribution in [1.82, 2.24) is 4.90 Å². The molecular formula is C17H25NO3. The Morgan fingerprint density at radius 3 is 2.48 bits per heavy atom. The van der Waals surface area contributed by atoms with E-state index in [1.165, 1.54) is 5.56 Å². The van der Waals surface area contributed by atoms with Crippen LogP contribution in [0.1, 0.15) is 19.4 Å². The van der Waals surface area contributed by atoms with Gasteiger partial charge in [-0.2, -0.15) is 0 Å². The lowest BCUT2D eigenvalue weighted by atomic mass is 10.1. The molecule has 1 N–H and O–H groups in total. The number of nitrogens with zero attached hydrogens (tertiary/aromatic N) is 1. The molecule has 0 bridgehead atoms. The lowest BCUT2D eigenvalue weighted by molar-refractivity contribution is 0.0192. The number of methoxy groups -OCH3 is 1. The van der Waals surface area contributed by atoms with Gasteiger partial charge in [-0.25, -0.2) is 0 Å². The van der Waals surface area contributed by atoms with Crippen LogP contribution in [0.25, 0.3) is 0 Å². The maximum atomic E-state index is 10.0. The Kier molecular flexibility index (Phi) is 7.84. The summed E-state index contributed by atoms with van der Waals surface area (Å²) in [6.45, 7) is 6.03. The van der Waals surface area contributed by atoms with Crippen LogP contribution in [-0.2, 0) is 11.3 Å². The highest BCUT2D eigenvalue weighted by molar-refractivity contribution is 5.27. The molecule has 0 aliphatic rings. The quantitative estimate of drug-likeness (QED) is 0.557. The van der Waals surface area contributed by atoms with Crippen molar-refractivity contribution in [2.45, 2.75) is 32.5 Å². The molecule has 0 heterocycles. The largest absolute Gasteiger partial charge is 0.497 e. The van der Waals surface area contributed by atoms with Gasteiger partial charge in [-0.1, -0.05) is 18.1 Å². The van der Waals surface area contributed by atoms with Gasteiger partial charge in [-0.3, -0.25) is 4.90 Å². The molecule has 0 aromatic heterocycles. The highest BCUT2D eigenvalue weighted by Crippen LogP contribution is 2.14. The summed E-state index contributed by atoms with van der Waals surface area (Å²) in [5, 5.41) is 10.0. The highest BCUT2D eigenvalue weighted by atomic mass is 16.5. The van der Waals surface area contributed by atoms with Crippen molar-refractivity contribution < 1.29 is 14.6 Å². The van der Waals surface area contributed by atoms with Crippen molar-refractivity contribution in [3.8, 4) is 18.1 Å². The first-order valence-corrected chi connectivity index (χ1v) is 7.13. The molecule has 0 fully saturated rings. The molecule has 0 amide bonds. The minimum Gasteiger partial charge on any atom is -0.497 e. The predicted octanol–water partition coefficient (Wildman–Crippen LogP) is 1.92. The van der Waals surface area contributed by atoms with E-state index in [0.717, 1.165) is 12.3 Å². The van der Waals surface area contributed by atoms with Gasteiger partial charge in [0.05, 0.1) is 19.8 Å². The second-order valence-electron chi connectivity index (χ2n) is 5.24. The maximum Gasteiger partial charge on any atom is 0.118 e. The highest BCUT2D eigenvalue weighted by Gasteiger charge is 2.15. The first kappa shape index (κ1) is 17.5. The Morgan fingerprint density at radius 1 is 1.29 bits per heavy atom. The standard InChI is InChI=1S/C17H25NO3/c1-5-10-21-13-16(19)12-18(14(2)3)11-15-6-8-17(20-4)9-7-15/h1,6-9,14,16,19H,10-13H2,2-4H3/t16-/m1/s1. The SMILES string of the molecule is C#CCOC[C@H](O)CN(Cc1ccc(OC)cc1)C(C)C. The van der Waals surface area contributed by atoms with Crippen molar-refractivity contribution in [3.05, 3.63) is 29.8 Å². The van der Waals surface area contributed by atoms with Gasteiger partial charge in [0.15, 0.2) is 0 Å². The summed E-state index contributed by atoms with van der Waals surface area (Å²) in [5.74, 6) is 3.24. The van der Waals surface area contributed by atoms with Gasteiger partial charge in [-0.05, 0) is 31.5 Å². The third-order valence-electron chi connectivity index (χ3n) is 3.22. The Morgan fingerprint density at radius 2 is 1.95 bits per heavy atom. The molecule has 0 saturated heterocycles. The molecule has 0 radical (unpaired) electrons. The molecule has 1 aromatic carbocycles. The Balaban J connectivity index is 2.54. The lowest BCUT2D eigenvalue weighted by Crippen LogP contribution is -2.38. The molecular weight excluding hydrogens is 266 g/mol. The van der Waals surface area contributed by atoms with Gasteiger partial charge in [0, 0.05) is 19.1 Å². The van der Waals surface area contributed by atoms with E-state index >= 15 is 0 Å². The average molecular weight is 291 g/mol. The second-order valence-corrected chi connectivity index (χ2v) is 5.24. The summed E-state index contributed by atoms with van der Waals surface area (Å²) in [7, 11) is 1.65. The van der Waals surface area contributed by atoms with E-state index in [2.05, 4.69) is 24.7 Å². The van der Waals surface area contributed by atoms with Crippen molar-refractivity contribution in [3.63, 3.8) is 0 Å². The number of hydrogen-bond acceptors (Lipinski definition) is 4. The van der Waals surface area contributed by atoms with E-state index in [1.807, 2.05) is 24.3 Å². The van der Waals surface area contributed by atoms with E-state index in [0.29, 0.717) is 12.6 Å². The van der Waals surface area contributed by atoms with Crippen LogP contribution in [0.15, 0.2) is 24.3 Å². The summed E-state index contributed by atoms with van der Waals surface area (Å²) in [4.78, 5) is 2.20. The van der Waals surface area contributed by atoms with Crippen molar-refractivity contribution in [2.75, 3.05) is 26.9 Å². The van der Waals surface area contributed by atoms with Crippen LogP contribution in [0.2, 0.25) is 0 Å². The molecule has 0 unspecified atom stereocenters. The zero-order chi connectivity index (χ0) is 15.7. The van der Waals surface area contributed by atoms with Gasteiger partial charge in [0.1, 0.15) is 12.4 Å². The van der Waals surface area contributed by atoms with Crippen LogP contribution in [0.4, 0.5) is 0 Å². The minimum absolute atomic E-state index is 0.233. The summed E-state index contributed by atoms with van der Waals surface area (Å²) in [5.41, 5.74) is 1.18. The van der Waals surface area contributed by atoms with Crippen molar-refractivity contribution in [1.29, 1.82) is 0 Å². The van der Waals surface area contributed by atoms with Crippen LogP contribution in [-0.4, -0.2) is 49.0 Å².